The van der Waals surface area contributed by atoms with Crippen molar-refractivity contribution in [1.29, 1.82) is 0 Å². The van der Waals surface area contributed by atoms with E-state index in [0.717, 1.165) is 18.4 Å². The first-order valence-corrected chi connectivity index (χ1v) is 11.8. The molecular weight excluding hydrogens is 376 g/mol. The van der Waals surface area contributed by atoms with E-state index < -0.39 is 6.04 Å². The second kappa shape index (κ2) is 17.9. The third kappa shape index (κ3) is 12.0. The molecule has 5 heteroatoms. The monoisotopic (exact) mass is 418 g/mol. The lowest BCUT2D eigenvalue weighted by atomic mass is 10.1. The number of methoxy groups -OCH3 is 1. The van der Waals surface area contributed by atoms with Crippen LogP contribution in [-0.4, -0.2) is 43.5 Å². The third-order valence-corrected chi connectivity index (χ3v) is 5.34. The van der Waals surface area contributed by atoms with Crippen molar-refractivity contribution in [3.05, 3.63) is 29.8 Å². The van der Waals surface area contributed by atoms with Crippen LogP contribution >= 0.6 is 0 Å². The van der Waals surface area contributed by atoms with Gasteiger partial charge in [0.2, 0.25) is 5.91 Å². The lowest BCUT2D eigenvalue weighted by Gasteiger charge is -2.11. The number of rotatable bonds is 18. The Labute approximate surface area is 183 Å². The molecule has 30 heavy (non-hydrogen) atoms. The molecule has 1 amide bonds. The van der Waals surface area contributed by atoms with Crippen LogP contribution in [0.3, 0.4) is 0 Å². The molecule has 170 valence electrons. The van der Waals surface area contributed by atoms with E-state index in [0.29, 0.717) is 12.3 Å². The number of hydrogen-bond acceptors (Lipinski definition) is 4. The van der Waals surface area contributed by atoms with E-state index in [-0.39, 0.29) is 12.5 Å². The van der Waals surface area contributed by atoms with Gasteiger partial charge in [-0.05, 0) is 18.6 Å². The second-order valence-corrected chi connectivity index (χ2v) is 7.90. The highest BCUT2D eigenvalue weighted by molar-refractivity contribution is 5.88. The van der Waals surface area contributed by atoms with Gasteiger partial charge in [-0.15, -0.1) is 0 Å². The number of ether oxygens (including phenoxy) is 1. The molecule has 0 aliphatic rings. The van der Waals surface area contributed by atoms with Crippen molar-refractivity contribution in [3.63, 3.8) is 0 Å². The largest absolute Gasteiger partial charge is 0.496 e. The fourth-order valence-corrected chi connectivity index (χ4v) is 3.44. The molecule has 0 unspecified atom stereocenters. The van der Waals surface area contributed by atoms with E-state index in [9.17, 15) is 9.90 Å². The van der Waals surface area contributed by atoms with E-state index in [1.165, 1.54) is 64.2 Å². The van der Waals surface area contributed by atoms with Crippen molar-refractivity contribution >= 4 is 12.1 Å². The molecule has 0 aliphatic carbocycles. The highest BCUT2D eigenvalue weighted by Crippen LogP contribution is 2.15. The van der Waals surface area contributed by atoms with Crippen molar-refractivity contribution in [1.82, 2.24) is 5.32 Å². The van der Waals surface area contributed by atoms with Gasteiger partial charge < -0.3 is 15.2 Å². The molecule has 1 aromatic carbocycles. The minimum absolute atomic E-state index is 0.230. The van der Waals surface area contributed by atoms with Gasteiger partial charge in [-0.2, -0.15) is 0 Å². The van der Waals surface area contributed by atoms with E-state index in [1.54, 1.807) is 13.3 Å². The first-order chi connectivity index (χ1) is 14.7. The maximum atomic E-state index is 12.2. The Kier molecular flexibility index (Phi) is 15.6. The maximum absolute atomic E-state index is 12.2. The van der Waals surface area contributed by atoms with E-state index in [2.05, 4.69) is 17.2 Å². The number of nitrogens with one attached hydrogen (secondary N) is 1. The average Bonchev–Trinajstić information content (AvgIpc) is 2.77. The summed E-state index contributed by atoms with van der Waals surface area (Å²) in [6, 6.07) is 6.67. The minimum atomic E-state index is -0.785. The summed E-state index contributed by atoms with van der Waals surface area (Å²) >= 11 is 0. The predicted molar refractivity (Wildman–Crippen MR) is 126 cm³/mol. The van der Waals surface area contributed by atoms with Gasteiger partial charge >= 0.3 is 0 Å². The van der Waals surface area contributed by atoms with Crippen molar-refractivity contribution in [3.8, 4) is 5.75 Å². The Bertz CT molecular complexity index is 590. The summed E-state index contributed by atoms with van der Waals surface area (Å²) in [5.74, 6) is 0.460. The fraction of sp³-hybridized carbons (Fsp3) is 0.680. The van der Waals surface area contributed by atoms with Crippen LogP contribution in [0.1, 0.15) is 89.5 Å². The topological polar surface area (TPSA) is 70.9 Å². The summed E-state index contributed by atoms with van der Waals surface area (Å²) in [6.45, 7) is 2.58. The summed E-state index contributed by atoms with van der Waals surface area (Å²) < 4.78 is 5.27. The number of unbranched alkanes of at least 4 members (excludes halogenated alkanes) is 11. The summed E-state index contributed by atoms with van der Waals surface area (Å²) in [5, 5.41) is 12.4. The van der Waals surface area contributed by atoms with Gasteiger partial charge in [0.25, 0.3) is 0 Å². The first kappa shape index (κ1) is 26.2. The average molecular weight is 419 g/mol. The van der Waals surface area contributed by atoms with Gasteiger partial charge in [0.15, 0.2) is 6.04 Å². The van der Waals surface area contributed by atoms with Gasteiger partial charge in [-0.25, -0.2) is 0 Å². The van der Waals surface area contributed by atoms with Crippen molar-refractivity contribution in [2.45, 2.75) is 90.0 Å². The molecule has 0 saturated heterocycles. The smallest absolute Gasteiger partial charge is 0.247 e. The highest BCUT2D eigenvalue weighted by atomic mass is 16.5. The second-order valence-electron chi connectivity index (χ2n) is 7.90. The number of benzene rings is 1. The van der Waals surface area contributed by atoms with Crippen LogP contribution in [0, 0.1) is 0 Å². The Morgan fingerprint density at radius 3 is 2.13 bits per heavy atom. The molecule has 0 bridgehead atoms. The van der Waals surface area contributed by atoms with Gasteiger partial charge in [-0.1, -0.05) is 89.7 Å². The maximum Gasteiger partial charge on any atom is 0.247 e. The Balaban J connectivity index is 2.10. The molecule has 5 nitrogen and oxygen atoms in total. The molecule has 0 spiro atoms. The van der Waals surface area contributed by atoms with Crippen molar-refractivity contribution in [2.75, 3.05) is 20.3 Å². The number of carbonyl (C=O) groups is 1. The van der Waals surface area contributed by atoms with Gasteiger partial charge in [-0.3, -0.25) is 9.79 Å². The van der Waals surface area contributed by atoms with Crippen molar-refractivity contribution < 1.29 is 14.6 Å². The Morgan fingerprint density at radius 2 is 1.57 bits per heavy atom. The van der Waals surface area contributed by atoms with Crippen LogP contribution in [0.15, 0.2) is 29.3 Å². The molecule has 0 aliphatic heterocycles. The molecule has 0 aromatic heterocycles. The molecule has 0 saturated carbocycles. The zero-order valence-corrected chi connectivity index (χ0v) is 19.1. The summed E-state index contributed by atoms with van der Waals surface area (Å²) in [5.41, 5.74) is 0.784. The summed E-state index contributed by atoms with van der Waals surface area (Å²) in [6.07, 6.45) is 17.1. The summed E-state index contributed by atoms with van der Waals surface area (Å²) in [4.78, 5) is 16.5. The van der Waals surface area contributed by atoms with E-state index >= 15 is 0 Å². The van der Waals surface area contributed by atoms with Crippen LogP contribution in [0.25, 0.3) is 0 Å². The van der Waals surface area contributed by atoms with E-state index in [1.807, 2.05) is 24.3 Å². The molecule has 1 rings (SSSR count). The number of aliphatic hydroxyl groups excluding tert-OH is 1. The SMILES string of the molecule is CCCCCCCCCCCCCCNC(=O)[C@H](CO)N=Cc1ccccc1OC. The number of hydrogen-bond donors (Lipinski definition) is 2. The molecule has 1 atom stereocenters. The molecule has 0 heterocycles. The number of aliphatic hydroxyl groups is 1. The zero-order valence-electron chi connectivity index (χ0n) is 19.1. The normalized spacial score (nSPS) is 12.2. The lowest BCUT2D eigenvalue weighted by molar-refractivity contribution is -0.123. The molecule has 1 aromatic rings. The third-order valence-electron chi connectivity index (χ3n) is 5.34. The number of nitrogens with zero attached hydrogens (tertiary/aromatic N) is 1. The van der Waals surface area contributed by atoms with Crippen LogP contribution < -0.4 is 10.1 Å². The van der Waals surface area contributed by atoms with Crippen molar-refractivity contribution in [2.24, 2.45) is 4.99 Å². The molecular formula is C25H42N2O3. The predicted octanol–water partition coefficient (Wildman–Crippen LogP) is 5.29. The molecule has 0 radical (unpaired) electrons. The number of para-hydroxylation sites is 1. The van der Waals surface area contributed by atoms with Crippen LogP contribution in [0.2, 0.25) is 0 Å². The quantitative estimate of drug-likeness (QED) is 0.251. The van der Waals surface area contributed by atoms with Crippen LogP contribution in [0.5, 0.6) is 5.75 Å². The number of carbonyl (C=O) groups excluding carboxylic acids is 1. The standard InChI is InChI=1S/C25H42N2O3/c1-3-4-5-6-7-8-9-10-11-12-13-16-19-26-25(29)23(21-28)27-20-22-17-14-15-18-24(22)30-2/h14-15,17-18,20,23,28H,3-13,16,19,21H2,1-2H3,(H,26,29)/t23-/m0/s1. The Hall–Kier alpha value is -1.88. The van der Waals surface area contributed by atoms with E-state index in [4.69, 9.17) is 4.74 Å². The lowest BCUT2D eigenvalue weighted by Crippen LogP contribution is -2.36. The van der Waals surface area contributed by atoms with Gasteiger partial charge in [0.05, 0.1) is 13.7 Å². The van der Waals surface area contributed by atoms with Crippen LogP contribution in [-0.2, 0) is 4.79 Å². The highest BCUT2D eigenvalue weighted by Gasteiger charge is 2.15. The molecule has 0 fully saturated rings. The first-order valence-electron chi connectivity index (χ1n) is 11.8. The van der Waals surface area contributed by atoms with Crippen LogP contribution in [0.4, 0.5) is 0 Å². The minimum Gasteiger partial charge on any atom is -0.496 e. The van der Waals surface area contributed by atoms with Gasteiger partial charge in [0, 0.05) is 18.3 Å². The molecule has 2 N–H and O–H groups in total. The zero-order chi connectivity index (χ0) is 21.9. The Morgan fingerprint density at radius 1 is 1.00 bits per heavy atom. The number of aliphatic imine (C=N–C) groups is 1. The fourth-order valence-electron chi connectivity index (χ4n) is 3.44. The summed E-state index contributed by atoms with van der Waals surface area (Å²) in [7, 11) is 1.59. The number of amides is 1. The van der Waals surface area contributed by atoms with Gasteiger partial charge in [0.1, 0.15) is 5.75 Å².